The van der Waals surface area contributed by atoms with Crippen LogP contribution in [0.5, 0.6) is 0 Å². The SMILES string of the molecule is CCC[C@@H]1CN(C(=O)[C@@H]2CCCN2)CC[C@H]1O. The third kappa shape index (κ3) is 2.99. The Balaban J connectivity index is 1.90. The van der Waals surface area contributed by atoms with Crippen LogP contribution in [0.15, 0.2) is 0 Å². The first kappa shape index (κ1) is 12.8. The second kappa shape index (κ2) is 5.83. The van der Waals surface area contributed by atoms with Crippen LogP contribution in [0.3, 0.4) is 0 Å². The summed E-state index contributed by atoms with van der Waals surface area (Å²) in [5.41, 5.74) is 0. The van der Waals surface area contributed by atoms with Gasteiger partial charge >= 0.3 is 0 Å². The van der Waals surface area contributed by atoms with Crippen molar-refractivity contribution in [3.8, 4) is 0 Å². The van der Waals surface area contributed by atoms with Gasteiger partial charge in [0, 0.05) is 19.0 Å². The summed E-state index contributed by atoms with van der Waals surface area (Å²) in [6.45, 7) is 4.56. The van der Waals surface area contributed by atoms with E-state index >= 15 is 0 Å². The number of rotatable bonds is 3. The molecule has 4 heteroatoms. The van der Waals surface area contributed by atoms with Gasteiger partial charge in [0.15, 0.2) is 0 Å². The van der Waals surface area contributed by atoms with E-state index in [2.05, 4.69) is 12.2 Å². The molecule has 2 aliphatic heterocycles. The minimum atomic E-state index is -0.212. The topological polar surface area (TPSA) is 52.6 Å². The van der Waals surface area contributed by atoms with E-state index in [1.54, 1.807) is 0 Å². The van der Waals surface area contributed by atoms with E-state index in [9.17, 15) is 9.90 Å². The molecule has 0 bridgehead atoms. The number of nitrogens with one attached hydrogen (secondary N) is 1. The largest absolute Gasteiger partial charge is 0.393 e. The molecule has 0 spiro atoms. The van der Waals surface area contributed by atoms with Crippen LogP contribution in [0.1, 0.15) is 39.0 Å². The number of piperidine rings is 1. The summed E-state index contributed by atoms with van der Waals surface area (Å²) in [4.78, 5) is 14.2. The summed E-state index contributed by atoms with van der Waals surface area (Å²) in [5, 5.41) is 13.2. The molecular formula is C13H24N2O2. The molecule has 2 heterocycles. The second-order valence-corrected chi connectivity index (χ2v) is 5.34. The molecule has 2 saturated heterocycles. The molecule has 0 aromatic heterocycles. The fourth-order valence-electron chi connectivity index (χ4n) is 2.99. The molecule has 0 radical (unpaired) electrons. The average Bonchev–Trinajstić information content (AvgIpc) is 2.85. The lowest BCUT2D eigenvalue weighted by molar-refractivity contribution is -0.137. The van der Waals surface area contributed by atoms with Crippen LogP contribution in [0, 0.1) is 5.92 Å². The average molecular weight is 240 g/mol. The molecule has 2 rings (SSSR count). The van der Waals surface area contributed by atoms with Crippen LogP contribution >= 0.6 is 0 Å². The Labute approximate surface area is 103 Å². The lowest BCUT2D eigenvalue weighted by atomic mass is 9.90. The fraction of sp³-hybridized carbons (Fsp3) is 0.923. The molecule has 2 aliphatic rings. The standard InChI is InChI=1S/C13H24N2O2/c1-2-4-10-9-15(8-6-12(10)16)13(17)11-5-3-7-14-11/h10-12,14,16H,2-9H2,1H3/t10-,11+,12-/m1/s1. The smallest absolute Gasteiger partial charge is 0.239 e. The molecular weight excluding hydrogens is 216 g/mol. The molecule has 3 atom stereocenters. The van der Waals surface area contributed by atoms with E-state index in [4.69, 9.17) is 0 Å². The van der Waals surface area contributed by atoms with Crippen LogP contribution in [-0.4, -0.2) is 47.7 Å². The van der Waals surface area contributed by atoms with Crippen LogP contribution in [-0.2, 0) is 4.79 Å². The molecule has 0 aliphatic carbocycles. The summed E-state index contributed by atoms with van der Waals surface area (Å²) in [7, 11) is 0. The third-order valence-electron chi connectivity index (χ3n) is 4.02. The number of hydrogen-bond acceptors (Lipinski definition) is 3. The normalized spacial score (nSPS) is 34.0. The Bertz CT molecular complexity index is 264. The number of aliphatic hydroxyl groups excluding tert-OH is 1. The fourth-order valence-corrected chi connectivity index (χ4v) is 2.99. The van der Waals surface area contributed by atoms with Crippen molar-refractivity contribution in [1.29, 1.82) is 0 Å². The van der Waals surface area contributed by atoms with E-state index < -0.39 is 0 Å². The lowest BCUT2D eigenvalue weighted by Gasteiger charge is -2.37. The van der Waals surface area contributed by atoms with Crippen molar-refractivity contribution in [2.24, 2.45) is 5.92 Å². The van der Waals surface area contributed by atoms with Gasteiger partial charge in [0.2, 0.25) is 5.91 Å². The number of likely N-dealkylation sites (tertiary alicyclic amines) is 1. The number of carbonyl (C=O) groups is 1. The highest BCUT2D eigenvalue weighted by molar-refractivity contribution is 5.82. The van der Waals surface area contributed by atoms with Gasteiger partial charge in [-0.1, -0.05) is 13.3 Å². The number of hydrogen-bond donors (Lipinski definition) is 2. The van der Waals surface area contributed by atoms with E-state index in [1.165, 1.54) is 0 Å². The van der Waals surface area contributed by atoms with E-state index in [1.807, 2.05) is 4.90 Å². The molecule has 4 nitrogen and oxygen atoms in total. The molecule has 2 N–H and O–H groups in total. The van der Waals surface area contributed by atoms with Crippen molar-refractivity contribution in [2.75, 3.05) is 19.6 Å². The maximum absolute atomic E-state index is 12.2. The minimum absolute atomic E-state index is 0.0347. The molecule has 1 amide bonds. The first-order valence-corrected chi connectivity index (χ1v) is 6.92. The van der Waals surface area contributed by atoms with Crippen LogP contribution < -0.4 is 5.32 Å². The Morgan fingerprint density at radius 1 is 1.47 bits per heavy atom. The van der Waals surface area contributed by atoms with Crippen molar-refractivity contribution in [1.82, 2.24) is 10.2 Å². The van der Waals surface area contributed by atoms with Gasteiger partial charge in [-0.15, -0.1) is 0 Å². The number of nitrogens with zero attached hydrogens (tertiary/aromatic N) is 1. The summed E-state index contributed by atoms with van der Waals surface area (Å²) in [5.74, 6) is 0.523. The van der Waals surface area contributed by atoms with Gasteiger partial charge in [0.05, 0.1) is 12.1 Å². The predicted octanol–water partition coefficient (Wildman–Crippen LogP) is 0.748. The Morgan fingerprint density at radius 2 is 2.29 bits per heavy atom. The van der Waals surface area contributed by atoms with Gasteiger partial charge in [-0.25, -0.2) is 0 Å². The van der Waals surface area contributed by atoms with Crippen LogP contribution in [0.2, 0.25) is 0 Å². The molecule has 0 saturated carbocycles. The van der Waals surface area contributed by atoms with Gasteiger partial charge in [-0.05, 0) is 32.2 Å². The molecule has 0 aromatic carbocycles. The van der Waals surface area contributed by atoms with E-state index in [0.717, 1.165) is 51.7 Å². The van der Waals surface area contributed by atoms with Gasteiger partial charge in [-0.2, -0.15) is 0 Å². The molecule has 0 unspecified atom stereocenters. The molecule has 2 fully saturated rings. The summed E-state index contributed by atoms with van der Waals surface area (Å²) in [6.07, 6.45) is 4.69. The van der Waals surface area contributed by atoms with Crippen molar-refractivity contribution >= 4 is 5.91 Å². The molecule has 17 heavy (non-hydrogen) atoms. The summed E-state index contributed by atoms with van der Waals surface area (Å²) >= 11 is 0. The number of carbonyl (C=O) groups excluding carboxylic acids is 1. The van der Waals surface area contributed by atoms with Crippen molar-refractivity contribution in [2.45, 2.75) is 51.2 Å². The number of amides is 1. The summed E-state index contributed by atoms with van der Waals surface area (Å²) in [6, 6.07) is 0.0347. The van der Waals surface area contributed by atoms with E-state index in [0.29, 0.717) is 0 Å². The van der Waals surface area contributed by atoms with Crippen molar-refractivity contribution < 1.29 is 9.90 Å². The van der Waals surface area contributed by atoms with Crippen LogP contribution in [0.4, 0.5) is 0 Å². The van der Waals surface area contributed by atoms with Gasteiger partial charge < -0.3 is 15.3 Å². The van der Waals surface area contributed by atoms with Crippen LogP contribution in [0.25, 0.3) is 0 Å². The molecule has 0 aromatic rings. The Kier molecular flexibility index (Phi) is 4.40. The second-order valence-electron chi connectivity index (χ2n) is 5.34. The summed E-state index contributed by atoms with van der Waals surface area (Å²) < 4.78 is 0. The predicted molar refractivity (Wildman–Crippen MR) is 66.6 cm³/mol. The highest BCUT2D eigenvalue weighted by Crippen LogP contribution is 2.23. The lowest BCUT2D eigenvalue weighted by Crippen LogP contribution is -2.51. The monoisotopic (exact) mass is 240 g/mol. The Morgan fingerprint density at radius 3 is 2.94 bits per heavy atom. The maximum atomic E-state index is 12.2. The zero-order chi connectivity index (χ0) is 12.3. The van der Waals surface area contributed by atoms with Gasteiger partial charge in [0.25, 0.3) is 0 Å². The highest BCUT2D eigenvalue weighted by Gasteiger charge is 2.33. The highest BCUT2D eigenvalue weighted by atomic mass is 16.3. The zero-order valence-electron chi connectivity index (χ0n) is 10.7. The van der Waals surface area contributed by atoms with Crippen molar-refractivity contribution in [3.05, 3.63) is 0 Å². The first-order valence-electron chi connectivity index (χ1n) is 6.92. The number of aliphatic hydroxyl groups is 1. The Hall–Kier alpha value is -0.610. The minimum Gasteiger partial charge on any atom is -0.393 e. The zero-order valence-corrected chi connectivity index (χ0v) is 10.7. The van der Waals surface area contributed by atoms with Gasteiger partial charge in [-0.3, -0.25) is 4.79 Å². The third-order valence-corrected chi connectivity index (χ3v) is 4.02. The quantitative estimate of drug-likeness (QED) is 0.765. The van der Waals surface area contributed by atoms with Crippen molar-refractivity contribution in [3.63, 3.8) is 0 Å². The van der Waals surface area contributed by atoms with E-state index in [-0.39, 0.29) is 24.0 Å². The van der Waals surface area contributed by atoms with Gasteiger partial charge in [0.1, 0.15) is 0 Å². The maximum Gasteiger partial charge on any atom is 0.239 e. The first-order chi connectivity index (χ1) is 8.22. The molecule has 98 valence electrons.